The van der Waals surface area contributed by atoms with Crippen LogP contribution in [0.5, 0.6) is 0 Å². The van der Waals surface area contributed by atoms with Gasteiger partial charge in [-0.25, -0.2) is 4.79 Å². The number of carbonyl (C=O) groups excluding carboxylic acids is 2. The third-order valence-corrected chi connectivity index (χ3v) is 6.16. The smallest absolute Gasteiger partial charge is 0.341 e. The second-order valence-corrected chi connectivity index (χ2v) is 11.4. The van der Waals surface area contributed by atoms with Crippen LogP contribution in [-0.4, -0.2) is 50.5 Å². The van der Waals surface area contributed by atoms with E-state index in [1.165, 1.54) is 0 Å². The van der Waals surface area contributed by atoms with Gasteiger partial charge in [0, 0.05) is 6.42 Å². The Morgan fingerprint density at radius 2 is 1.65 bits per heavy atom. The summed E-state index contributed by atoms with van der Waals surface area (Å²) in [6.45, 7) is 16.1. The van der Waals surface area contributed by atoms with Crippen molar-refractivity contribution in [2.75, 3.05) is 25.6 Å². The fraction of sp³-hybridized carbons (Fsp3) is 0.760. The minimum Gasteiger partial charge on any atom is -0.497 e. The third-order valence-electron chi connectivity index (χ3n) is 5.35. The molecule has 9 heteroatoms. The van der Waals surface area contributed by atoms with Crippen molar-refractivity contribution in [3.8, 4) is 0 Å². The first-order valence-corrected chi connectivity index (χ1v) is 13.6. The van der Waals surface area contributed by atoms with Crippen LogP contribution in [0.25, 0.3) is 0 Å². The first kappa shape index (κ1) is 32.1. The van der Waals surface area contributed by atoms with Gasteiger partial charge in [0.05, 0.1) is 23.3 Å². The number of carbonyl (C=O) groups is 2. The largest absolute Gasteiger partial charge is 0.497 e. The molecule has 1 atom stereocenters. The van der Waals surface area contributed by atoms with Crippen molar-refractivity contribution in [1.82, 2.24) is 0 Å². The zero-order valence-corrected chi connectivity index (χ0v) is 22.9. The lowest BCUT2D eigenvalue weighted by atomic mass is 9.69. The molecule has 0 aromatic carbocycles. The van der Waals surface area contributed by atoms with E-state index in [0.717, 1.165) is 0 Å². The fourth-order valence-corrected chi connectivity index (χ4v) is 4.02. The predicted molar refractivity (Wildman–Crippen MR) is 133 cm³/mol. The first-order valence-electron chi connectivity index (χ1n) is 12.0. The van der Waals surface area contributed by atoms with E-state index in [2.05, 4.69) is 20.8 Å². The van der Waals surface area contributed by atoms with Gasteiger partial charge < -0.3 is 14.2 Å². The zero-order chi connectivity index (χ0) is 26.6. The molecule has 8 nitrogen and oxygen atoms in total. The molecule has 0 saturated carbocycles. The van der Waals surface area contributed by atoms with Gasteiger partial charge in [0.2, 0.25) is 0 Å². The Morgan fingerprint density at radius 3 is 2.18 bits per heavy atom. The van der Waals surface area contributed by atoms with E-state index >= 15 is 0 Å². The summed E-state index contributed by atoms with van der Waals surface area (Å²) in [5.41, 5.74) is -0.420. The summed E-state index contributed by atoms with van der Waals surface area (Å²) in [6, 6.07) is 0. The lowest BCUT2D eigenvalue weighted by molar-refractivity contribution is -0.163. The molecular weight excluding hydrogens is 460 g/mol. The molecule has 0 aromatic rings. The highest BCUT2D eigenvalue weighted by atomic mass is 32.2. The summed E-state index contributed by atoms with van der Waals surface area (Å²) in [5.74, 6) is -0.801. The topological polar surface area (TPSA) is 116 Å². The van der Waals surface area contributed by atoms with Crippen molar-refractivity contribution in [1.29, 1.82) is 0 Å². The molecule has 0 amide bonds. The summed E-state index contributed by atoms with van der Waals surface area (Å²) in [7, 11) is -4.05. The molecule has 0 fully saturated rings. The fourth-order valence-electron chi connectivity index (χ4n) is 3.54. The number of hydrogen-bond acceptors (Lipinski definition) is 7. The molecule has 0 bridgehead atoms. The standard InChI is InChI=1S/C23H38O8S.C2H6/c1-17(2)23(6,16-22(3,4)5)21(25)31-14-13-30-20(24)18-10-7-8-11-19(18)29-12-9-15-32(26,27)28;1-2/h7,10,17H,8-9,11-16H2,1-6H3,(H,26,27,28);1-2H3. The van der Waals surface area contributed by atoms with Crippen LogP contribution in [0.15, 0.2) is 23.5 Å². The summed E-state index contributed by atoms with van der Waals surface area (Å²) in [4.78, 5) is 25.2. The van der Waals surface area contributed by atoms with Crippen molar-refractivity contribution in [3.63, 3.8) is 0 Å². The second kappa shape index (κ2) is 14.5. The highest BCUT2D eigenvalue weighted by molar-refractivity contribution is 7.85. The first-order chi connectivity index (χ1) is 15.7. The predicted octanol–water partition coefficient (Wildman–Crippen LogP) is 5.10. The molecule has 0 saturated heterocycles. The molecule has 34 heavy (non-hydrogen) atoms. The van der Waals surface area contributed by atoms with Gasteiger partial charge in [-0.2, -0.15) is 8.42 Å². The van der Waals surface area contributed by atoms with Gasteiger partial charge in [0.25, 0.3) is 10.1 Å². The van der Waals surface area contributed by atoms with Crippen LogP contribution in [0.3, 0.4) is 0 Å². The van der Waals surface area contributed by atoms with E-state index in [4.69, 9.17) is 18.8 Å². The number of allylic oxidation sites excluding steroid dienone is 2. The zero-order valence-electron chi connectivity index (χ0n) is 22.1. The third kappa shape index (κ3) is 12.0. The van der Waals surface area contributed by atoms with Crippen molar-refractivity contribution < 1.29 is 36.8 Å². The van der Waals surface area contributed by atoms with Crippen LogP contribution in [0.2, 0.25) is 0 Å². The quantitative estimate of drug-likeness (QED) is 0.222. The van der Waals surface area contributed by atoms with Crippen molar-refractivity contribution in [2.45, 2.75) is 81.1 Å². The van der Waals surface area contributed by atoms with Crippen LogP contribution in [0.4, 0.5) is 0 Å². The van der Waals surface area contributed by atoms with Crippen molar-refractivity contribution >= 4 is 22.1 Å². The average Bonchev–Trinajstić information content (AvgIpc) is 2.73. The molecule has 1 aliphatic carbocycles. The Morgan fingerprint density at radius 1 is 1.06 bits per heavy atom. The summed E-state index contributed by atoms with van der Waals surface area (Å²) >= 11 is 0. The molecule has 1 unspecified atom stereocenters. The number of hydrogen-bond donors (Lipinski definition) is 1. The molecular formula is C25H44O8S. The van der Waals surface area contributed by atoms with Gasteiger partial charge in [0.1, 0.15) is 19.0 Å². The molecule has 0 spiro atoms. The molecule has 1 aliphatic rings. The van der Waals surface area contributed by atoms with Gasteiger partial charge in [-0.1, -0.05) is 54.5 Å². The number of ether oxygens (including phenoxy) is 3. The molecule has 1 rings (SSSR count). The molecule has 0 heterocycles. The van der Waals surface area contributed by atoms with Crippen LogP contribution < -0.4 is 0 Å². The minimum atomic E-state index is -4.05. The van der Waals surface area contributed by atoms with Crippen LogP contribution in [-0.2, 0) is 33.9 Å². The highest BCUT2D eigenvalue weighted by Crippen LogP contribution is 2.40. The maximum atomic E-state index is 12.7. The number of esters is 2. The highest BCUT2D eigenvalue weighted by Gasteiger charge is 2.41. The second-order valence-electron chi connectivity index (χ2n) is 9.85. The van der Waals surface area contributed by atoms with Gasteiger partial charge in [-0.15, -0.1) is 0 Å². The van der Waals surface area contributed by atoms with Gasteiger partial charge >= 0.3 is 11.9 Å². The molecule has 198 valence electrons. The van der Waals surface area contributed by atoms with Crippen LogP contribution in [0.1, 0.15) is 81.1 Å². The molecule has 1 N–H and O–H groups in total. The number of rotatable bonds is 12. The lowest BCUT2D eigenvalue weighted by Gasteiger charge is -2.36. The SMILES string of the molecule is CC.CC(C)C(C)(CC(C)(C)C)C(=O)OCCOC(=O)C1=C(OCCCS(=O)(=O)O)CCC=C1. The Kier molecular flexibility index (Phi) is 13.7. The van der Waals surface area contributed by atoms with Crippen LogP contribution >= 0.6 is 0 Å². The lowest BCUT2D eigenvalue weighted by Crippen LogP contribution is -2.39. The van der Waals surface area contributed by atoms with E-state index in [1.807, 2.05) is 40.7 Å². The Hall–Kier alpha value is -1.87. The van der Waals surface area contributed by atoms with Crippen molar-refractivity contribution in [3.05, 3.63) is 23.5 Å². The maximum Gasteiger partial charge on any atom is 0.341 e. The van der Waals surface area contributed by atoms with E-state index < -0.39 is 27.3 Å². The van der Waals surface area contributed by atoms with E-state index in [1.54, 1.807) is 6.08 Å². The average molecular weight is 505 g/mol. The van der Waals surface area contributed by atoms with Crippen molar-refractivity contribution in [2.24, 2.45) is 16.7 Å². The van der Waals surface area contributed by atoms with E-state index in [9.17, 15) is 18.0 Å². The van der Waals surface area contributed by atoms with Gasteiger partial charge in [-0.3, -0.25) is 9.35 Å². The Balaban J connectivity index is 0.00000529. The van der Waals surface area contributed by atoms with Crippen LogP contribution in [0, 0.1) is 16.7 Å². The van der Waals surface area contributed by atoms with Gasteiger partial charge in [-0.05, 0) is 43.6 Å². The normalized spacial score (nSPS) is 15.8. The van der Waals surface area contributed by atoms with E-state index in [-0.39, 0.29) is 49.1 Å². The Bertz CT molecular complexity index is 818. The summed E-state index contributed by atoms with van der Waals surface area (Å²) in [6.07, 6.45) is 5.38. The molecule has 0 aromatic heterocycles. The van der Waals surface area contributed by atoms with E-state index in [0.29, 0.717) is 25.0 Å². The Labute approximate surface area is 205 Å². The molecule has 0 aliphatic heterocycles. The van der Waals surface area contributed by atoms with Gasteiger partial charge in [0.15, 0.2) is 0 Å². The molecule has 0 radical (unpaired) electrons. The minimum absolute atomic E-state index is 0.0396. The summed E-state index contributed by atoms with van der Waals surface area (Å²) < 4.78 is 46.6. The maximum absolute atomic E-state index is 12.7. The summed E-state index contributed by atoms with van der Waals surface area (Å²) in [5, 5.41) is 0. The monoisotopic (exact) mass is 504 g/mol.